The van der Waals surface area contributed by atoms with Crippen LogP contribution in [0.15, 0.2) is 12.1 Å². The molecule has 4 N–H and O–H groups in total. The fraction of sp³-hybridized carbons (Fsp3) is 0.533. The second-order valence-corrected chi connectivity index (χ2v) is 6.02. The summed E-state index contributed by atoms with van der Waals surface area (Å²) in [5.41, 5.74) is 1.45. The molecular formula is C15H23BF2N4O. The van der Waals surface area contributed by atoms with E-state index in [1.807, 2.05) is 5.43 Å². The van der Waals surface area contributed by atoms with Crippen LogP contribution in [0.1, 0.15) is 31.2 Å². The lowest BCUT2D eigenvalue weighted by molar-refractivity contribution is 0.241. The van der Waals surface area contributed by atoms with Crippen LogP contribution in [0.2, 0.25) is 0 Å². The highest BCUT2D eigenvalue weighted by molar-refractivity contribution is 6.04. The minimum Gasteiger partial charge on any atom is -0.493 e. The lowest BCUT2D eigenvalue weighted by Crippen LogP contribution is -2.31. The molecule has 0 aliphatic carbocycles. The molecule has 1 aromatic carbocycles. The quantitative estimate of drug-likeness (QED) is 0.183. The van der Waals surface area contributed by atoms with Crippen LogP contribution in [-0.2, 0) is 0 Å². The predicted octanol–water partition coefficient (Wildman–Crippen LogP) is 1.17. The number of halogens is 2. The van der Waals surface area contributed by atoms with Crippen LogP contribution in [0.4, 0.5) is 8.78 Å². The van der Waals surface area contributed by atoms with E-state index >= 15 is 0 Å². The van der Waals surface area contributed by atoms with Gasteiger partial charge in [0, 0.05) is 12.1 Å². The summed E-state index contributed by atoms with van der Waals surface area (Å²) in [6.45, 7) is 2.69. The Morgan fingerprint density at radius 1 is 1.35 bits per heavy atom. The van der Waals surface area contributed by atoms with Crippen LogP contribution in [-0.4, -0.2) is 38.3 Å². The molecule has 0 saturated carbocycles. The molecule has 1 heterocycles. The Bertz CT molecular complexity index is 527. The van der Waals surface area contributed by atoms with Crippen molar-refractivity contribution in [3.8, 4) is 5.75 Å². The average molecular weight is 324 g/mol. The van der Waals surface area contributed by atoms with Crippen LogP contribution in [0.25, 0.3) is 0 Å². The van der Waals surface area contributed by atoms with E-state index in [4.69, 9.17) is 16.0 Å². The van der Waals surface area contributed by atoms with Gasteiger partial charge in [0.15, 0.2) is 7.98 Å². The first-order valence-corrected chi connectivity index (χ1v) is 7.87. The van der Waals surface area contributed by atoms with Gasteiger partial charge in [-0.15, -0.1) is 0 Å². The van der Waals surface area contributed by atoms with E-state index in [1.165, 1.54) is 12.8 Å². The molecule has 0 unspecified atom stereocenters. The highest BCUT2D eigenvalue weighted by Crippen LogP contribution is 2.23. The first-order chi connectivity index (χ1) is 11.0. The van der Waals surface area contributed by atoms with Crippen molar-refractivity contribution in [3.63, 3.8) is 0 Å². The topological polar surface area (TPSA) is 74.4 Å². The maximum Gasteiger partial charge on any atom is 0.185 e. The number of piperidine rings is 1. The second kappa shape index (κ2) is 8.26. The number of hydrogen-bond donors (Lipinski definition) is 3. The zero-order valence-electron chi connectivity index (χ0n) is 13.4. The molecule has 5 nitrogen and oxygen atoms in total. The molecule has 2 rings (SSSR count). The smallest absolute Gasteiger partial charge is 0.185 e. The molecule has 1 fully saturated rings. The van der Waals surface area contributed by atoms with Gasteiger partial charge in [0.2, 0.25) is 0 Å². The van der Waals surface area contributed by atoms with Crippen LogP contribution >= 0.6 is 0 Å². The second-order valence-electron chi connectivity index (χ2n) is 6.02. The first-order valence-electron chi connectivity index (χ1n) is 7.87. The van der Waals surface area contributed by atoms with Crippen LogP contribution < -0.4 is 16.0 Å². The number of hydrogen-bond acceptors (Lipinski definition) is 4. The summed E-state index contributed by atoms with van der Waals surface area (Å²) in [5, 5.41) is 7.37. The zero-order chi connectivity index (χ0) is 16.8. The molecular weight excluding hydrogens is 301 g/mol. The van der Waals surface area contributed by atoms with Gasteiger partial charge in [-0.2, -0.15) is 0 Å². The summed E-state index contributed by atoms with van der Waals surface area (Å²) >= 11 is 0. The summed E-state index contributed by atoms with van der Waals surface area (Å²) in [5.74, 6) is 3.63. The number of benzene rings is 1. The monoisotopic (exact) mass is 324 g/mol. The van der Waals surface area contributed by atoms with E-state index in [0.29, 0.717) is 12.5 Å². The summed E-state index contributed by atoms with van der Waals surface area (Å²) < 4.78 is 33.1. The molecule has 0 atom stereocenters. The number of nitrogens with two attached hydrogens (primary N) is 1. The molecule has 1 aliphatic heterocycles. The van der Waals surface area contributed by atoms with Gasteiger partial charge in [0.25, 0.3) is 0 Å². The lowest BCUT2D eigenvalue weighted by Gasteiger charge is -2.29. The number of hydrazine groups is 1. The third kappa shape index (κ3) is 4.90. The van der Waals surface area contributed by atoms with Gasteiger partial charge in [-0.3, -0.25) is 5.41 Å². The molecule has 23 heavy (non-hydrogen) atoms. The van der Waals surface area contributed by atoms with Crippen molar-refractivity contribution >= 4 is 13.8 Å². The van der Waals surface area contributed by atoms with Gasteiger partial charge in [-0.05, 0) is 44.7 Å². The highest BCUT2D eigenvalue weighted by atomic mass is 19.1. The maximum absolute atomic E-state index is 13.8. The van der Waals surface area contributed by atoms with Crippen LogP contribution in [0.5, 0.6) is 5.75 Å². The molecule has 1 aromatic rings. The van der Waals surface area contributed by atoms with E-state index in [-0.39, 0.29) is 5.75 Å². The number of amidine groups is 1. The third-order valence-corrected chi connectivity index (χ3v) is 4.27. The highest BCUT2D eigenvalue weighted by Gasteiger charge is 2.17. The molecule has 0 bridgehead atoms. The van der Waals surface area contributed by atoms with Crippen molar-refractivity contribution in [2.24, 2.45) is 11.8 Å². The minimum absolute atomic E-state index is 0.136. The number of ether oxygens (including phenoxy) is 1. The molecule has 0 amide bonds. The third-order valence-electron chi connectivity index (χ3n) is 4.27. The Balaban J connectivity index is 1.81. The molecule has 1 aliphatic rings. The Morgan fingerprint density at radius 2 is 1.96 bits per heavy atom. The van der Waals surface area contributed by atoms with Crippen molar-refractivity contribution in [1.29, 1.82) is 5.41 Å². The number of nitrogens with zero attached hydrogens (tertiary/aromatic N) is 1. The molecule has 0 aromatic heterocycles. The minimum atomic E-state index is -0.863. The van der Waals surface area contributed by atoms with Gasteiger partial charge >= 0.3 is 0 Å². The fourth-order valence-electron chi connectivity index (χ4n) is 2.86. The van der Waals surface area contributed by atoms with E-state index in [0.717, 1.165) is 38.1 Å². The molecule has 0 spiro atoms. The van der Waals surface area contributed by atoms with Crippen molar-refractivity contribution in [2.75, 3.05) is 19.7 Å². The zero-order valence-corrected chi connectivity index (χ0v) is 13.4. The fourth-order valence-corrected chi connectivity index (χ4v) is 2.86. The van der Waals surface area contributed by atoms with Gasteiger partial charge in [-0.1, -0.05) is 0 Å². The molecule has 126 valence electrons. The van der Waals surface area contributed by atoms with Gasteiger partial charge in [0.1, 0.15) is 23.2 Å². The van der Waals surface area contributed by atoms with Crippen molar-refractivity contribution in [1.82, 2.24) is 10.2 Å². The Morgan fingerprint density at radius 3 is 2.52 bits per heavy atom. The van der Waals surface area contributed by atoms with E-state index < -0.39 is 23.0 Å². The molecule has 8 heteroatoms. The normalized spacial score (nSPS) is 16.3. The SMILES string of the molecule is BN1CCC(CCCOc2cc(F)c(C(=N)NN)c(F)c2)CC1. The van der Waals surface area contributed by atoms with Crippen LogP contribution in [0.3, 0.4) is 0 Å². The largest absolute Gasteiger partial charge is 0.493 e. The van der Waals surface area contributed by atoms with Gasteiger partial charge < -0.3 is 15.0 Å². The van der Waals surface area contributed by atoms with Crippen molar-refractivity contribution in [2.45, 2.75) is 25.7 Å². The van der Waals surface area contributed by atoms with E-state index in [9.17, 15) is 8.78 Å². The predicted molar refractivity (Wildman–Crippen MR) is 88.1 cm³/mol. The van der Waals surface area contributed by atoms with Crippen molar-refractivity contribution < 1.29 is 13.5 Å². The Labute approximate surface area is 136 Å². The Hall–Kier alpha value is -1.67. The lowest BCUT2D eigenvalue weighted by atomic mass is 9.91. The van der Waals surface area contributed by atoms with Gasteiger partial charge in [-0.25, -0.2) is 14.6 Å². The maximum atomic E-state index is 13.8. The average Bonchev–Trinajstić information content (AvgIpc) is 2.52. The van der Waals surface area contributed by atoms with E-state index in [1.54, 1.807) is 0 Å². The van der Waals surface area contributed by atoms with E-state index in [2.05, 4.69) is 12.8 Å². The number of nitrogens with one attached hydrogen (secondary N) is 2. The molecule has 1 saturated heterocycles. The standard InChI is InChI=1S/C15H23BF2N4O/c16-22-5-3-10(4-6-22)2-1-7-23-11-8-12(17)14(13(18)9-11)15(19)21-20/h8-10H,1-7,16,20H2,(H2,19,21). The van der Waals surface area contributed by atoms with Crippen molar-refractivity contribution in [3.05, 3.63) is 29.3 Å². The van der Waals surface area contributed by atoms with Gasteiger partial charge in [0.05, 0.1) is 12.2 Å². The Kier molecular flexibility index (Phi) is 6.35. The summed E-state index contributed by atoms with van der Waals surface area (Å²) in [7, 11) is 2.13. The number of rotatable bonds is 6. The summed E-state index contributed by atoms with van der Waals surface area (Å²) in [6.07, 6.45) is 4.32. The first kappa shape index (κ1) is 17.7. The van der Waals surface area contributed by atoms with Crippen LogP contribution in [0, 0.1) is 23.0 Å². The summed E-state index contributed by atoms with van der Waals surface area (Å²) in [4.78, 5) is 2.33. The molecule has 0 radical (unpaired) electrons. The summed E-state index contributed by atoms with van der Waals surface area (Å²) in [6, 6.07) is 2.17.